The summed E-state index contributed by atoms with van der Waals surface area (Å²) in [5.41, 5.74) is -3.29. The highest BCUT2D eigenvalue weighted by Gasteiger charge is 2.47. The van der Waals surface area contributed by atoms with E-state index in [2.05, 4.69) is 6.92 Å². The number of aliphatic carboxylic acids is 2. The molecule has 0 aliphatic rings. The Hall–Kier alpha value is -1.43. The van der Waals surface area contributed by atoms with Gasteiger partial charge in [-0.05, 0) is 32.6 Å². The first kappa shape index (κ1) is 23.6. The highest BCUT2D eigenvalue weighted by atomic mass is 16.4. The van der Waals surface area contributed by atoms with Crippen LogP contribution in [0.2, 0.25) is 0 Å². The van der Waals surface area contributed by atoms with Crippen molar-refractivity contribution in [3.63, 3.8) is 0 Å². The maximum absolute atomic E-state index is 11.6. The molecule has 0 saturated carbocycles. The van der Waals surface area contributed by atoms with Gasteiger partial charge in [-0.1, -0.05) is 58.3 Å². The van der Waals surface area contributed by atoms with E-state index in [0.717, 1.165) is 38.5 Å². The van der Waals surface area contributed by atoms with Crippen molar-refractivity contribution < 1.29 is 29.7 Å². The number of hydrogen-bond acceptors (Lipinski definition) is 3. The van der Waals surface area contributed by atoms with E-state index in [-0.39, 0.29) is 6.42 Å². The number of rotatable bonds is 15. The zero-order valence-electron chi connectivity index (χ0n) is 15.7. The highest BCUT2D eigenvalue weighted by molar-refractivity contribution is 6.12. The van der Waals surface area contributed by atoms with E-state index in [1.54, 1.807) is 13.8 Å². The molecule has 0 saturated heterocycles. The Labute approximate surface area is 150 Å². The quantitative estimate of drug-likeness (QED) is 0.340. The van der Waals surface area contributed by atoms with Gasteiger partial charge >= 0.3 is 11.9 Å². The monoisotopic (exact) mass is 356 g/mol. The van der Waals surface area contributed by atoms with Crippen LogP contribution in [0.1, 0.15) is 85.0 Å². The average Bonchev–Trinajstić information content (AvgIpc) is 2.47. The second kappa shape index (κ2) is 11.2. The standard InChI is InChI=1S/C19H32O6/c1-15(13-18(2,3)25)11-9-7-5-4-6-8-10-12-19(14-20,16(21)22)17(23)24/h15H,4-13H2,1-3H3,(H,21,22)(H,23,24). The van der Waals surface area contributed by atoms with Crippen LogP contribution in [0.15, 0.2) is 0 Å². The zero-order valence-corrected chi connectivity index (χ0v) is 15.7. The van der Waals surface area contributed by atoms with Crippen LogP contribution in [0.3, 0.4) is 0 Å². The van der Waals surface area contributed by atoms with E-state index < -0.39 is 23.0 Å². The van der Waals surface area contributed by atoms with Gasteiger partial charge in [-0.25, -0.2) is 5.11 Å². The van der Waals surface area contributed by atoms with Crippen molar-refractivity contribution in [2.24, 2.45) is 11.3 Å². The van der Waals surface area contributed by atoms with Gasteiger partial charge < -0.3 is 10.2 Å². The molecular formula is C19H32O6. The van der Waals surface area contributed by atoms with Crippen LogP contribution >= 0.6 is 0 Å². The van der Waals surface area contributed by atoms with E-state index in [1.165, 1.54) is 6.29 Å². The summed E-state index contributed by atoms with van der Waals surface area (Å²) in [7, 11) is 0. The van der Waals surface area contributed by atoms with Gasteiger partial charge in [-0.15, -0.1) is 0 Å². The Morgan fingerprint density at radius 1 is 0.920 bits per heavy atom. The van der Waals surface area contributed by atoms with Gasteiger partial charge in [0.1, 0.15) is 0 Å². The molecular weight excluding hydrogens is 324 g/mol. The molecule has 25 heavy (non-hydrogen) atoms. The number of unbranched alkanes of at least 4 members (excludes halogenated alkanes) is 6. The number of carbonyl (C=O) groups is 2. The normalized spacial score (nSPS) is 13.4. The predicted molar refractivity (Wildman–Crippen MR) is 93.5 cm³/mol. The van der Waals surface area contributed by atoms with Gasteiger partial charge in [0.25, 0.3) is 0 Å². The fraction of sp³-hybridized carbons (Fsp3) is 0.842. The molecule has 144 valence electrons. The van der Waals surface area contributed by atoms with Gasteiger partial charge in [-0.2, -0.15) is 0 Å². The van der Waals surface area contributed by atoms with Crippen LogP contribution in [0, 0.1) is 11.3 Å². The molecule has 0 aromatic rings. The van der Waals surface area contributed by atoms with Crippen molar-refractivity contribution in [3.05, 3.63) is 0 Å². The SMILES string of the molecule is CC(CCCCCCCCCC([C]=O)(C(=O)O)C(=O)O)CC(C)(C)[O]. The van der Waals surface area contributed by atoms with E-state index in [9.17, 15) is 19.5 Å². The predicted octanol–water partition coefficient (Wildman–Crippen LogP) is 4.00. The molecule has 0 fully saturated rings. The second-order valence-corrected chi connectivity index (χ2v) is 7.70. The summed E-state index contributed by atoms with van der Waals surface area (Å²) in [6.07, 6.45) is 8.94. The molecule has 0 spiro atoms. The Morgan fingerprint density at radius 3 is 1.76 bits per heavy atom. The Morgan fingerprint density at radius 2 is 1.36 bits per heavy atom. The van der Waals surface area contributed by atoms with Gasteiger partial charge in [0.2, 0.25) is 11.7 Å². The van der Waals surface area contributed by atoms with Crippen molar-refractivity contribution in [1.29, 1.82) is 0 Å². The van der Waals surface area contributed by atoms with Crippen molar-refractivity contribution in [3.8, 4) is 0 Å². The summed E-state index contributed by atoms with van der Waals surface area (Å²) in [5, 5.41) is 29.5. The molecule has 0 rings (SSSR count). The van der Waals surface area contributed by atoms with Crippen LogP contribution in [-0.2, 0) is 19.5 Å². The Bertz CT molecular complexity index is 410. The van der Waals surface area contributed by atoms with Gasteiger partial charge in [-0.3, -0.25) is 14.4 Å². The molecule has 0 aromatic heterocycles. The van der Waals surface area contributed by atoms with Gasteiger partial charge in [0, 0.05) is 0 Å². The maximum atomic E-state index is 11.6. The summed E-state index contributed by atoms with van der Waals surface area (Å²) in [5.74, 6) is -2.86. The fourth-order valence-corrected chi connectivity index (χ4v) is 3.15. The third-order valence-corrected chi connectivity index (χ3v) is 4.49. The zero-order chi connectivity index (χ0) is 19.5. The smallest absolute Gasteiger partial charge is 0.329 e. The first-order valence-corrected chi connectivity index (χ1v) is 9.11. The molecule has 0 aliphatic carbocycles. The van der Waals surface area contributed by atoms with Crippen molar-refractivity contribution in [2.45, 2.75) is 90.6 Å². The molecule has 6 heteroatoms. The number of carbonyl (C=O) groups excluding carboxylic acids is 1. The molecule has 0 amide bonds. The minimum atomic E-state index is -2.43. The third kappa shape index (κ3) is 9.58. The lowest BCUT2D eigenvalue weighted by Gasteiger charge is -2.19. The molecule has 1 atom stereocenters. The number of carboxylic acid groups (broad SMARTS) is 2. The van der Waals surface area contributed by atoms with Crippen molar-refractivity contribution in [1.82, 2.24) is 0 Å². The Balaban J connectivity index is 3.79. The fourth-order valence-electron chi connectivity index (χ4n) is 3.15. The summed E-state index contributed by atoms with van der Waals surface area (Å²) in [6, 6.07) is 0. The molecule has 2 N–H and O–H groups in total. The minimum Gasteiger partial charge on any atom is -0.480 e. The lowest BCUT2D eigenvalue weighted by atomic mass is 9.84. The number of hydrogen-bond donors (Lipinski definition) is 2. The maximum Gasteiger partial charge on any atom is 0.329 e. The molecule has 6 nitrogen and oxygen atoms in total. The van der Waals surface area contributed by atoms with E-state index in [4.69, 9.17) is 10.2 Å². The van der Waals surface area contributed by atoms with Crippen LogP contribution < -0.4 is 0 Å². The van der Waals surface area contributed by atoms with Crippen LogP contribution in [0.5, 0.6) is 0 Å². The topological polar surface area (TPSA) is 112 Å². The van der Waals surface area contributed by atoms with Gasteiger partial charge in [0.15, 0.2) is 0 Å². The largest absolute Gasteiger partial charge is 0.480 e. The van der Waals surface area contributed by atoms with Crippen LogP contribution in [0.25, 0.3) is 0 Å². The van der Waals surface area contributed by atoms with E-state index in [0.29, 0.717) is 25.2 Å². The van der Waals surface area contributed by atoms with Crippen molar-refractivity contribution >= 4 is 18.2 Å². The van der Waals surface area contributed by atoms with Gasteiger partial charge in [0.05, 0.1) is 5.60 Å². The lowest BCUT2D eigenvalue weighted by molar-refractivity contribution is -0.159. The number of carboxylic acids is 2. The summed E-state index contributed by atoms with van der Waals surface area (Å²) in [4.78, 5) is 32.8. The second-order valence-electron chi connectivity index (χ2n) is 7.70. The van der Waals surface area contributed by atoms with E-state index >= 15 is 0 Å². The minimum absolute atomic E-state index is 0.219. The lowest BCUT2D eigenvalue weighted by Crippen LogP contribution is -2.40. The third-order valence-electron chi connectivity index (χ3n) is 4.49. The molecule has 0 bridgehead atoms. The molecule has 0 aromatic carbocycles. The highest BCUT2D eigenvalue weighted by Crippen LogP contribution is 2.25. The molecule has 1 unspecified atom stereocenters. The summed E-state index contributed by atoms with van der Waals surface area (Å²) in [6.45, 7) is 5.55. The summed E-state index contributed by atoms with van der Waals surface area (Å²) >= 11 is 0. The molecule has 0 aliphatic heterocycles. The van der Waals surface area contributed by atoms with Crippen LogP contribution in [0.4, 0.5) is 0 Å². The first-order valence-electron chi connectivity index (χ1n) is 9.11. The van der Waals surface area contributed by atoms with Crippen LogP contribution in [-0.4, -0.2) is 34.0 Å². The molecule has 2 radical (unpaired) electrons. The van der Waals surface area contributed by atoms with E-state index in [1.807, 2.05) is 0 Å². The summed E-state index contributed by atoms with van der Waals surface area (Å²) < 4.78 is 0. The Kier molecular flexibility index (Phi) is 10.6. The van der Waals surface area contributed by atoms with Crippen molar-refractivity contribution in [2.75, 3.05) is 0 Å². The average molecular weight is 356 g/mol. The first-order chi connectivity index (χ1) is 11.5. The molecule has 0 heterocycles.